The molecule has 4 heteroatoms. The molecule has 2 aromatic heterocycles. The lowest BCUT2D eigenvalue weighted by atomic mass is 10.0. The SMILES string of the molecule is Cc1cccc(-c2ccc(CNc3nccc4cc(-c5cccc(Cl)c5)ncc34)cc2)c1. The molecule has 0 spiro atoms. The second-order valence-electron chi connectivity index (χ2n) is 7.88. The molecule has 0 radical (unpaired) electrons. The number of halogens is 1. The Morgan fingerprint density at radius 1 is 0.781 bits per heavy atom. The van der Waals surface area contributed by atoms with E-state index in [1.54, 1.807) is 0 Å². The van der Waals surface area contributed by atoms with Crippen LogP contribution < -0.4 is 5.32 Å². The monoisotopic (exact) mass is 435 g/mol. The third kappa shape index (κ3) is 4.34. The fourth-order valence-electron chi connectivity index (χ4n) is 3.84. The van der Waals surface area contributed by atoms with E-state index in [1.807, 2.05) is 42.7 Å². The molecule has 3 nitrogen and oxygen atoms in total. The average Bonchev–Trinajstić information content (AvgIpc) is 2.82. The molecule has 0 amide bonds. The summed E-state index contributed by atoms with van der Waals surface area (Å²) in [5.41, 5.74) is 6.81. The molecule has 0 saturated heterocycles. The van der Waals surface area contributed by atoms with E-state index in [-0.39, 0.29) is 0 Å². The Labute approximate surface area is 192 Å². The van der Waals surface area contributed by atoms with Crippen molar-refractivity contribution < 1.29 is 0 Å². The lowest BCUT2D eigenvalue weighted by Gasteiger charge is -2.11. The van der Waals surface area contributed by atoms with Crippen molar-refractivity contribution >= 4 is 28.2 Å². The number of hydrogen-bond donors (Lipinski definition) is 1. The zero-order valence-corrected chi connectivity index (χ0v) is 18.5. The first-order valence-electron chi connectivity index (χ1n) is 10.6. The molecule has 5 aromatic rings. The summed E-state index contributed by atoms with van der Waals surface area (Å²) < 4.78 is 0. The summed E-state index contributed by atoms with van der Waals surface area (Å²) in [7, 11) is 0. The van der Waals surface area contributed by atoms with Gasteiger partial charge in [0.2, 0.25) is 0 Å². The quantitative estimate of drug-likeness (QED) is 0.310. The highest BCUT2D eigenvalue weighted by Crippen LogP contribution is 2.27. The number of anilines is 1. The van der Waals surface area contributed by atoms with Gasteiger partial charge in [0.15, 0.2) is 0 Å². The Bertz CT molecular complexity index is 1390. The van der Waals surface area contributed by atoms with E-state index < -0.39 is 0 Å². The smallest absolute Gasteiger partial charge is 0.135 e. The van der Waals surface area contributed by atoms with Crippen LogP contribution in [0.4, 0.5) is 5.82 Å². The fourth-order valence-corrected chi connectivity index (χ4v) is 4.03. The van der Waals surface area contributed by atoms with Crippen LogP contribution in [0.3, 0.4) is 0 Å². The van der Waals surface area contributed by atoms with Crippen molar-refractivity contribution in [3.8, 4) is 22.4 Å². The molecule has 32 heavy (non-hydrogen) atoms. The first-order valence-corrected chi connectivity index (χ1v) is 10.9. The Hall–Kier alpha value is -3.69. The average molecular weight is 436 g/mol. The van der Waals surface area contributed by atoms with E-state index in [9.17, 15) is 0 Å². The number of fused-ring (bicyclic) bond motifs is 1. The van der Waals surface area contributed by atoms with Crippen LogP contribution in [0.1, 0.15) is 11.1 Å². The van der Waals surface area contributed by atoms with Crippen LogP contribution in [-0.4, -0.2) is 9.97 Å². The summed E-state index contributed by atoms with van der Waals surface area (Å²) in [6, 6.07) is 29.0. The molecule has 156 valence electrons. The number of aromatic nitrogens is 2. The van der Waals surface area contributed by atoms with Crippen molar-refractivity contribution in [2.45, 2.75) is 13.5 Å². The molecule has 0 atom stereocenters. The van der Waals surface area contributed by atoms with Crippen molar-refractivity contribution in [1.29, 1.82) is 0 Å². The highest BCUT2D eigenvalue weighted by Gasteiger charge is 2.07. The third-order valence-corrected chi connectivity index (χ3v) is 5.77. The maximum absolute atomic E-state index is 6.14. The van der Waals surface area contributed by atoms with E-state index in [2.05, 4.69) is 76.8 Å². The van der Waals surface area contributed by atoms with Crippen LogP contribution >= 0.6 is 11.6 Å². The molecule has 2 heterocycles. The van der Waals surface area contributed by atoms with Gasteiger partial charge in [0.25, 0.3) is 0 Å². The van der Waals surface area contributed by atoms with Gasteiger partial charge in [-0.2, -0.15) is 0 Å². The lowest BCUT2D eigenvalue weighted by molar-refractivity contribution is 1.12. The molecule has 0 aliphatic carbocycles. The predicted molar refractivity (Wildman–Crippen MR) is 134 cm³/mol. The fraction of sp³-hybridized carbons (Fsp3) is 0.0714. The number of rotatable bonds is 5. The molecule has 0 bridgehead atoms. The normalized spacial score (nSPS) is 10.9. The summed E-state index contributed by atoms with van der Waals surface area (Å²) >= 11 is 6.14. The van der Waals surface area contributed by atoms with Gasteiger partial charge in [-0.3, -0.25) is 4.98 Å². The van der Waals surface area contributed by atoms with Crippen LogP contribution in [-0.2, 0) is 6.54 Å². The van der Waals surface area contributed by atoms with Crippen LogP contribution in [0.5, 0.6) is 0 Å². The molecular formula is C28H22ClN3. The number of hydrogen-bond acceptors (Lipinski definition) is 3. The minimum Gasteiger partial charge on any atom is -0.365 e. The number of aryl methyl sites for hydroxylation is 1. The maximum Gasteiger partial charge on any atom is 0.135 e. The second kappa shape index (κ2) is 8.81. The van der Waals surface area contributed by atoms with E-state index in [1.165, 1.54) is 22.3 Å². The van der Waals surface area contributed by atoms with Crippen LogP contribution in [0.25, 0.3) is 33.2 Å². The molecule has 0 aliphatic rings. The maximum atomic E-state index is 6.14. The van der Waals surface area contributed by atoms with Gasteiger partial charge in [-0.15, -0.1) is 0 Å². The molecule has 0 saturated carbocycles. The first kappa shape index (κ1) is 20.2. The lowest BCUT2D eigenvalue weighted by Crippen LogP contribution is -2.02. The van der Waals surface area contributed by atoms with Gasteiger partial charge in [0, 0.05) is 34.9 Å². The summed E-state index contributed by atoms with van der Waals surface area (Å²) in [6.07, 6.45) is 3.70. The molecule has 0 fully saturated rings. The molecule has 1 N–H and O–H groups in total. The van der Waals surface area contributed by atoms with Gasteiger partial charge in [-0.1, -0.05) is 77.8 Å². The summed E-state index contributed by atoms with van der Waals surface area (Å²) in [6.45, 7) is 2.81. The summed E-state index contributed by atoms with van der Waals surface area (Å²) in [5.74, 6) is 0.829. The first-order chi connectivity index (χ1) is 15.7. The van der Waals surface area contributed by atoms with Crippen molar-refractivity contribution in [2.75, 3.05) is 5.32 Å². The highest BCUT2D eigenvalue weighted by atomic mass is 35.5. The van der Waals surface area contributed by atoms with Gasteiger partial charge >= 0.3 is 0 Å². The molecule has 5 rings (SSSR count). The number of nitrogens with one attached hydrogen (secondary N) is 1. The van der Waals surface area contributed by atoms with Crippen molar-refractivity contribution in [3.05, 3.63) is 113 Å². The van der Waals surface area contributed by atoms with E-state index >= 15 is 0 Å². The Morgan fingerprint density at radius 3 is 2.41 bits per heavy atom. The van der Waals surface area contributed by atoms with Crippen molar-refractivity contribution in [2.24, 2.45) is 0 Å². The van der Waals surface area contributed by atoms with Crippen LogP contribution in [0.2, 0.25) is 5.02 Å². The molecule has 3 aromatic carbocycles. The number of nitrogens with zero attached hydrogens (tertiary/aromatic N) is 2. The van der Waals surface area contributed by atoms with Gasteiger partial charge < -0.3 is 5.32 Å². The van der Waals surface area contributed by atoms with E-state index in [0.29, 0.717) is 11.6 Å². The van der Waals surface area contributed by atoms with Crippen LogP contribution in [0.15, 0.2) is 97.3 Å². The van der Waals surface area contributed by atoms with Gasteiger partial charge in [0.1, 0.15) is 5.82 Å². The summed E-state index contributed by atoms with van der Waals surface area (Å²) in [4.78, 5) is 9.19. The Balaban J connectivity index is 1.35. The Kier molecular flexibility index (Phi) is 5.57. The van der Waals surface area contributed by atoms with Gasteiger partial charge in [-0.05, 0) is 53.3 Å². The second-order valence-corrected chi connectivity index (χ2v) is 8.32. The standard InChI is InChI=1S/C28H22ClN3/c1-19-4-2-5-22(14-19)21-10-8-20(9-11-21)17-32-28-26-18-31-27(16-23(26)12-13-30-28)24-6-3-7-25(29)15-24/h2-16,18H,17H2,1H3,(H,30,32). The minimum absolute atomic E-state index is 0.691. The third-order valence-electron chi connectivity index (χ3n) is 5.53. The van der Waals surface area contributed by atoms with E-state index in [0.717, 1.165) is 27.8 Å². The van der Waals surface area contributed by atoms with Crippen molar-refractivity contribution in [1.82, 2.24) is 9.97 Å². The summed E-state index contributed by atoms with van der Waals surface area (Å²) in [5, 5.41) is 6.25. The zero-order valence-electron chi connectivity index (χ0n) is 17.7. The number of benzene rings is 3. The Morgan fingerprint density at radius 2 is 1.59 bits per heavy atom. The number of pyridine rings is 2. The molecular weight excluding hydrogens is 414 g/mol. The van der Waals surface area contributed by atoms with Gasteiger partial charge in [-0.25, -0.2) is 4.98 Å². The largest absolute Gasteiger partial charge is 0.365 e. The zero-order chi connectivity index (χ0) is 21.9. The predicted octanol–water partition coefficient (Wildman–Crippen LogP) is 7.54. The highest BCUT2D eigenvalue weighted by molar-refractivity contribution is 6.30. The molecule has 0 aliphatic heterocycles. The van der Waals surface area contributed by atoms with Gasteiger partial charge in [0.05, 0.1) is 5.69 Å². The van der Waals surface area contributed by atoms with Crippen LogP contribution in [0, 0.1) is 6.92 Å². The van der Waals surface area contributed by atoms with Crippen molar-refractivity contribution in [3.63, 3.8) is 0 Å². The minimum atomic E-state index is 0.691. The molecule has 0 unspecified atom stereocenters. The van der Waals surface area contributed by atoms with E-state index in [4.69, 9.17) is 11.6 Å². The topological polar surface area (TPSA) is 37.8 Å².